The number of carbonyl (C=O) groups is 1. The molecule has 4 unspecified atom stereocenters. The van der Waals surface area contributed by atoms with Crippen LogP contribution in [0.25, 0.3) is 0 Å². The maximum absolute atomic E-state index is 11.6. The lowest BCUT2D eigenvalue weighted by atomic mass is 9.60. The van der Waals surface area contributed by atoms with Crippen LogP contribution in [0.3, 0.4) is 0 Å². The van der Waals surface area contributed by atoms with Gasteiger partial charge in [0, 0.05) is 0 Å². The SMILES string of the molecule is CCC1CCCC(C2CC(C)(C)CCC2C(=O)O)C1. The molecule has 2 rings (SSSR count). The molecule has 0 aliphatic heterocycles. The zero-order valence-electron chi connectivity index (χ0n) is 12.8. The third-order valence-electron chi connectivity index (χ3n) is 5.76. The first-order valence-electron chi connectivity index (χ1n) is 8.16. The molecule has 0 aromatic heterocycles. The van der Waals surface area contributed by atoms with Crippen LogP contribution in [0.15, 0.2) is 0 Å². The molecule has 2 aliphatic carbocycles. The van der Waals surface area contributed by atoms with Crippen molar-refractivity contribution in [3.05, 3.63) is 0 Å². The molecule has 2 heteroatoms. The zero-order valence-corrected chi connectivity index (χ0v) is 12.8. The van der Waals surface area contributed by atoms with E-state index in [0.29, 0.717) is 17.3 Å². The molecule has 0 amide bonds. The normalized spacial score (nSPS) is 38.9. The van der Waals surface area contributed by atoms with Crippen LogP contribution >= 0.6 is 0 Å². The Hall–Kier alpha value is -0.530. The van der Waals surface area contributed by atoms with Crippen molar-refractivity contribution < 1.29 is 9.90 Å². The molecule has 0 bridgehead atoms. The van der Waals surface area contributed by atoms with E-state index in [-0.39, 0.29) is 5.92 Å². The number of rotatable bonds is 3. The molecule has 2 aliphatic rings. The van der Waals surface area contributed by atoms with Gasteiger partial charge in [-0.1, -0.05) is 46.5 Å². The van der Waals surface area contributed by atoms with Crippen molar-refractivity contribution in [3.63, 3.8) is 0 Å². The molecule has 2 nitrogen and oxygen atoms in total. The second-order valence-corrected chi connectivity index (χ2v) is 7.72. The van der Waals surface area contributed by atoms with Gasteiger partial charge in [0.2, 0.25) is 0 Å². The highest BCUT2D eigenvalue weighted by Gasteiger charge is 2.43. The van der Waals surface area contributed by atoms with Gasteiger partial charge in [0.15, 0.2) is 0 Å². The van der Waals surface area contributed by atoms with Gasteiger partial charge < -0.3 is 5.11 Å². The first-order valence-corrected chi connectivity index (χ1v) is 8.16. The summed E-state index contributed by atoms with van der Waals surface area (Å²) in [5.74, 6) is 1.32. The van der Waals surface area contributed by atoms with Crippen molar-refractivity contribution in [2.45, 2.75) is 72.1 Å². The predicted molar refractivity (Wildman–Crippen MR) is 78.0 cm³/mol. The van der Waals surface area contributed by atoms with Crippen LogP contribution in [0.4, 0.5) is 0 Å². The first kappa shape index (κ1) is 14.9. The van der Waals surface area contributed by atoms with Gasteiger partial charge in [0.25, 0.3) is 0 Å². The van der Waals surface area contributed by atoms with E-state index in [0.717, 1.165) is 25.2 Å². The van der Waals surface area contributed by atoms with Gasteiger partial charge in [-0.15, -0.1) is 0 Å². The van der Waals surface area contributed by atoms with Crippen molar-refractivity contribution in [2.24, 2.45) is 29.1 Å². The van der Waals surface area contributed by atoms with Crippen LogP contribution in [0.1, 0.15) is 72.1 Å². The Morgan fingerprint density at radius 2 is 2.00 bits per heavy atom. The van der Waals surface area contributed by atoms with E-state index in [2.05, 4.69) is 20.8 Å². The molecular weight excluding hydrogens is 236 g/mol. The smallest absolute Gasteiger partial charge is 0.306 e. The van der Waals surface area contributed by atoms with Gasteiger partial charge in [-0.2, -0.15) is 0 Å². The van der Waals surface area contributed by atoms with Crippen LogP contribution in [-0.2, 0) is 4.79 Å². The minimum Gasteiger partial charge on any atom is -0.481 e. The number of aliphatic carboxylic acids is 1. The Morgan fingerprint density at radius 1 is 1.26 bits per heavy atom. The molecule has 1 N–H and O–H groups in total. The Bertz CT molecular complexity index is 321. The fourth-order valence-corrected chi connectivity index (χ4v) is 4.54. The molecule has 2 saturated carbocycles. The Balaban J connectivity index is 2.10. The molecule has 19 heavy (non-hydrogen) atoms. The van der Waals surface area contributed by atoms with E-state index in [1.54, 1.807) is 0 Å². The topological polar surface area (TPSA) is 37.3 Å². The van der Waals surface area contributed by atoms with Gasteiger partial charge >= 0.3 is 5.97 Å². The average Bonchev–Trinajstić information content (AvgIpc) is 2.37. The summed E-state index contributed by atoms with van der Waals surface area (Å²) in [6, 6.07) is 0. The summed E-state index contributed by atoms with van der Waals surface area (Å²) in [4.78, 5) is 11.6. The predicted octanol–water partition coefficient (Wildman–Crippen LogP) is 4.73. The summed E-state index contributed by atoms with van der Waals surface area (Å²) in [7, 11) is 0. The summed E-state index contributed by atoms with van der Waals surface area (Å²) in [6.07, 6.45) is 9.56. The lowest BCUT2D eigenvalue weighted by Gasteiger charge is -2.45. The summed E-state index contributed by atoms with van der Waals surface area (Å²) in [5, 5.41) is 9.53. The third-order valence-corrected chi connectivity index (χ3v) is 5.76. The van der Waals surface area contributed by atoms with E-state index in [1.807, 2.05) is 0 Å². The summed E-state index contributed by atoms with van der Waals surface area (Å²) in [6.45, 7) is 6.92. The van der Waals surface area contributed by atoms with E-state index < -0.39 is 5.97 Å². The highest BCUT2D eigenvalue weighted by molar-refractivity contribution is 5.70. The summed E-state index contributed by atoms with van der Waals surface area (Å²) in [5.41, 5.74) is 0.343. The second-order valence-electron chi connectivity index (χ2n) is 7.72. The van der Waals surface area contributed by atoms with Crippen LogP contribution in [0, 0.1) is 29.1 Å². The van der Waals surface area contributed by atoms with Crippen molar-refractivity contribution in [2.75, 3.05) is 0 Å². The third kappa shape index (κ3) is 3.52. The quantitative estimate of drug-likeness (QED) is 0.801. The van der Waals surface area contributed by atoms with Gasteiger partial charge in [0.05, 0.1) is 5.92 Å². The van der Waals surface area contributed by atoms with Crippen LogP contribution in [0.2, 0.25) is 0 Å². The van der Waals surface area contributed by atoms with Crippen molar-refractivity contribution in [3.8, 4) is 0 Å². The molecule has 0 aromatic carbocycles. The molecular formula is C17H30O2. The van der Waals surface area contributed by atoms with E-state index >= 15 is 0 Å². The van der Waals surface area contributed by atoms with Crippen LogP contribution in [-0.4, -0.2) is 11.1 Å². The highest BCUT2D eigenvalue weighted by Crippen LogP contribution is 2.49. The molecule has 0 heterocycles. The average molecular weight is 266 g/mol. The molecule has 0 saturated heterocycles. The van der Waals surface area contributed by atoms with Crippen molar-refractivity contribution in [1.82, 2.24) is 0 Å². The number of carboxylic acid groups (broad SMARTS) is 1. The Kier molecular flexibility index (Phi) is 4.58. The monoisotopic (exact) mass is 266 g/mol. The molecule has 2 fully saturated rings. The lowest BCUT2D eigenvalue weighted by Crippen LogP contribution is -2.39. The Morgan fingerprint density at radius 3 is 2.63 bits per heavy atom. The minimum atomic E-state index is -0.542. The first-order chi connectivity index (χ1) is 8.93. The molecule has 4 atom stereocenters. The van der Waals surface area contributed by atoms with E-state index in [1.165, 1.54) is 32.1 Å². The van der Waals surface area contributed by atoms with Crippen molar-refractivity contribution in [1.29, 1.82) is 0 Å². The maximum atomic E-state index is 11.6. The fourth-order valence-electron chi connectivity index (χ4n) is 4.54. The highest BCUT2D eigenvalue weighted by atomic mass is 16.4. The van der Waals surface area contributed by atoms with Crippen LogP contribution < -0.4 is 0 Å². The molecule has 0 spiro atoms. The van der Waals surface area contributed by atoms with Gasteiger partial charge in [-0.3, -0.25) is 4.79 Å². The summed E-state index contributed by atoms with van der Waals surface area (Å²) >= 11 is 0. The lowest BCUT2D eigenvalue weighted by molar-refractivity contribution is -0.148. The summed E-state index contributed by atoms with van der Waals surface area (Å²) < 4.78 is 0. The molecule has 110 valence electrons. The fraction of sp³-hybridized carbons (Fsp3) is 0.941. The second kappa shape index (κ2) is 5.85. The minimum absolute atomic E-state index is 0.0753. The van der Waals surface area contributed by atoms with E-state index in [9.17, 15) is 9.90 Å². The molecule has 0 radical (unpaired) electrons. The maximum Gasteiger partial charge on any atom is 0.306 e. The molecule has 0 aromatic rings. The number of hydrogen-bond donors (Lipinski definition) is 1. The van der Waals surface area contributed by atoms with Gasteiger partial charge in [-0.05, 0) is 48.9 Å². The number of hydrogen-bond acceptors (Lipinski definition) is 1. The largest absolute Gasteiger partial charge is 0.481 e. The van der Waals surface area contributed by atoms with Crippen molar-refractivity contribution >= 4 is 5.97 Å². The van der Waals surface area contributed by atoms with E-state index in [4.69, 9.17) is 0 Å². The van der Waals surface area contributed by atoms with Crippen LogP contribution in [0.5, 0.6) is 0 Å². The Labute approximate surface area is 118 Å². The van der Waals surface area contributed by atoms with Gasteiger partial charge in [0.1, 0.15) is 0 Å². The van der Waals surface area contributed by atoms with Gasteiger partial charge in [-0.25, -0.2) is 0 Å². The standard InChI is InChI=1S/C17H30O2/c1-4-12-6-5-7-13(10-12)15-11-17(2,3)9-8-14(15)16(18)19/h12-15H,4-11H2,1-3H3,(H,18,19). The number of carboxylic acids is 1. The zero-order chi connectivity index (χ0) is 14.0.